The summed E-state index contributed by atoms with van der Waals surface area (Å²) in [4.78, 5) is 0. The van der Waals surface area contributed by atoms with Crippen molar-refractivity contribution in [2.75, 3.05) is 19.8 Å². The molecule has 0 amide bonds. The molecule has 0 aliphatic carbocycles. The molecular formula is C18H25NO2. The van der Waals surface area contributed by atoms with E-state index < -0.39 is 0 Å². The summed E-state index contributed by atoms with van der Waals surface area (Å²) < 4.78 is 10.9. The first kappa shape index (κ1) is 17.3. The Morgan fingerprint density at radius 3 is 2.52 bits per heavy atom. The Morgan fingerprint density at radius 1 is 1.14 bits per heavy atom. The number of ether oxygens (including phenoxy) is 2. The van der Waals surface area contributed by atoms with Crippen LogP contribution in [0.25, 0.3) is 6.08 Å². The second kappa shape index (κ2) is 10.9. The van der Waals surface area contributed by atoms with E-state index in [1.807, 2.05) is 37.3 Å². The molecule has 0 saturated carbocycles. The molecule has 0 aliphatic heterocycles. The van der Waals surface area contributed by atoms with Gasteiger partial charge in [-0.1, -0.05) is 38.3 Å². The molecule has 0 fully saturated rings. The van der Waals surface area contributed by atoms with Crippen LogP contribution in [0.5, 0.6) is 5.75 Å². The number of nitriles is 1. The zero-order chi connectivity index (χ0) is 15.3. The molecule has 0 aromatic heterocycles. The van der Waals surface area contributed by atoms with Crippen molar-refractivity contribution < 1.29 is 9.47 Å². The highest BCUT2D eigenvalue weighted by Gasteiger charge is 1.98. The minimum atomic E-state index is 0.364. The molecule has 0 aliphatic rings. The third kappa shape index (κ3) is 7.53. The molecule has 0 spiro atoms. The summed E-state index contributed by atoms with van der Waals surface area (Å²) >= 11 is 0. The largest absolute Gasteiger partial charge is 0.494 e. The first-order chi connectivity index (χ1) is 10.3. The number of unbranched alkanes of at least 4 members (excludes halogenated alkanes) is 3. The van der Waals surface area contributed by atoms with Gasteiger partial charge < -0.3 is 9.47 Å². The van der Waals surface area contributed by atoms with Crippen molar-refractivity contribution in [2.45, 2.75) is 39.5 Å². The quantitative estimate of drug-likeness (QED) is 0.467. The van der Waals surface area contributed by atoms with E-state index in [1.54, 1.807) is 0 Å². The first-order valence-electron chi connectivity index (χ1n) is 7.71. The van der Waals surface area contributed by atoms with E-state index in [1.165, 1.54) is 19.3 Å². The maximum absolute atomic E-state index is 9.03. The van der Waals surface area contributed by atoms with Crippen LogP contribution in [-0.4, -0.2) is 19.8 Å². The first-order valence-corrected chi connectivity index (χ1v) is 7.71. The van der Waals surface area contributed by atoms with Crippen molar-refractivity contribution in [3.63, 3.8) is 0 Å². The van der Waals surface area contributed by atoms with E-state index in [0.717, 1.165) is 24.3 Å². The molecule has 0 atom stereocenters. The normalized spacial score (nSPS) is 11.2. The van der Waals surface area contributed by atoms with Gasteiger partial charge in [-0.3, -0.25) is 0 Å². The molecule has 3 nitrogen and oxygen atoms in total. The van der Waals surface area contributed by atoms with Gasteiger partial charge in [-0.25, -0.2) is 0 Å². The van der Waals surface area contributed by atoms with Crippen molar-refractivity contribution in [1.29, 1.82) is 5.26 Å². The average molecular weight is 287 g/mol. The number of rotatable bonds is 10. The van der Waals surface area contributed by atoms with Gasteiger partial charge in [0.05, 0.1) is 24.9 Å². The Balaban J connectivity index is 2.46. The van der Waals surface area contributed by atoms with Gasteiger partial charge in [-0.15, -0.1) is 0 Å². The molecular weight excluding hydrogens is 262 g/mol. The Bertz CT molecular complexity index is 457. The van der Waals surface area contributed by atoms with Crippen LogP contribution in [0.2, 0.25) is 0 Å². The van der Waals surface area contributed by atoms with Crippen LogP contribution in [0.15, 0.2) is 29.8 Å². The molecule has 0 unspecified atom stereocenters. The predicted octanol–water partition coefficient (Wildman–Crippen LogP) is 4.59. The monoisotopic (exact) mass is 287 g/mol. The maximum atomic E-state index is 9.03. The van der Waals surface area contributed by atoms with Crippen LogP contribution in [0, 0.1) is 11.3 Å². The summed E-state index contributed by atoms with van der Waals surface area (Å²) in [6, 6.07) is 9.98. The predicted molar refractivity (Wildman–Crippen MR) is 86.2 cm³/mol. The molecule has 0 N–H and O–H groups in total. The molecule has 114 valence electrons. The molecule has 1 aromatic rings. The Kier molecular flexibility index (Phi) is 8.99. The van der Waals surface area contributed by atoms with Crippen LogP contribution in [0.1, 0.15) is 45.1 Å². The summed E-state index contributed by atoms with van der Waals surface area (Å²) in [7, 11) is 0. The van der Waals surface area contributed by atoms with Crippen molar-refractivity contribution in [2.24, 2.45) is 0 Å². The molecule has 0 radical (unpaired) electrons. The highest BCUT2D eigenvalue weighted by atomic mass is 16.5. The fourth-order valence-corrected chi connectivity index (χ4v) is 1.90. The third-order valence-corrected chi connectivity index (χ3v) is 3.09. The number of hydrogen-bond donors (Lipinski definition) is 0. The van der Waals surface area contributed by atoms with Gasteiger partial charge in [-0.05, 0) is 37.1 Å². The zero-order valence-electron chi connectivity index (χ0n) is 13.1. The van der Waals surface area contributed by atoms with E-state index in [4.69, 9.17) is 14.7 Å². The number of benzene rings is 1. The fourth-order valence-electron chi connectivity index (χ4n) is 1.90. The molecule has 0 saturated heterocycles. The summed E-state index contributed by atoms with van der Waals surface area (Å²) in [6.07, 6.45) is 6.68. The van der Waals surface area contributed by atoms with E-state index in [0.29, 0.717) is 18.8 Å². The van der Waals surface area contributed by atoms with Crippen molar-refractivity contribution in [1.82, 2.24) is 0 Å². The minimum absolute atomic E-state index is 0.364. The molecule has 0 heterocycles. The van der Waals surface area contributed by atoms with Gasteiger partial charge in [0.15, 0.2) is 0 Å². The zero-order valence-corrected chi connectivity index (χ0v) is 13.1. The van der Waals surface area contributed by atoms with Crippen LogP contribution in [0.4, 0.5) is 0 Å². The molecule has 1 aromatic carbocycles. The highest BCUT2D eigenvalue weighted by molar-refractivity contribution is 5.57. The molecule has 21 heavy (non-hydrogen) atoms. The van der Waals surface area contributed by atoms with Crippen LogP contribution in [-0.2, 0) is 4.74 Å². The molecule has 1 rings (SSSR count). The summed E-state index contributed by atoms with van der Waals surface area (Å²) in [5.41, 5.74) is 1.62. The maximum Gasteiger partial charge on any atom is 0.119 e. The smallest absolute Gasteiger partial charge is 0.119 e. The number of hydrogen-bond acceptors (Lipinski definition) is 3. The van der Waals surface area contributed by atoms with E-state index in [2.05, 4.69) is 13.0 Å². The van der Waals surface area contributed by atoms with Gasteiger partial charge in [0, 0.05) is 6.61 Å². The van der Waals surface area contributed by atoms with Crippen molar-refractivity contribution >= 4 is 6.08 Å². The summed E-state index contributed by atoms with van der Waals surface area (Å²) in [6.45, 7) is 5.87. The Labute approximate surface area is 128 Å². The van der Waals surface area contributed by atoms with Crippen molar-refractivity contribution in [3.8, 4) is 11.8 Å². The van der Waals surface area contributed by atoms with Gasteiger partial charge in [0.2, 0.25) is 0 Å². The summed E-state index contributed by atoms with van der Waals surface area (Å²) in [5, 5.41) is 9.03. The van der Waals surface area contributed by atoms with Gasteiger partial charge in [-0.2, -0.15) is 5.26 Å². The Morgan fingerprint density at radius 2 is 1.90 bits per heavy atom. The topological polar surface area (TPSA) is 42.2 Å². The minimum Gasteiger partial charge on any atom is -0.494 e. The lowest BCUT2D eigenvalue weighted by atomic mass is 10.1. The third-order valence-electron chi connectivity index (χ3n) is 3.09. The fraction of sp³-hybridized carbons (Fsp3) is 0.500. The highest BCUT2D eigenvalue weighted by Crippen LogP contribution is 2.15. The number of nitrogens with zero attached hydrogens (tertiary/aromatic N) is 1. The standard InChI is InChI=1S/C18H25NO2/c1-3-5-6-7-12-21-18-10-8-16(9-11-18)13-17(14-19)15-20-4-2/h8-11,13H,3-7,12,15H2,1-2H3. The summed E-state index contributed by atoms with van der Waals surface area (Å²) in [5.74, 6) is 0.881. The molecule has 3 heteroatoms. The SMILES string of the molecule is CCCCCCOc1ccc(C=C(C#N)COCC)cc1. The van der Waals surface area contributed by atoms with Crippen LogP contribution < -0.4 is 4.74 Å². The second-order valence-corrected chi connectivity index (χ2v) is 4.90. The lowest BCUT2D eigenvalue weighted by molar-refractivity contribution is 0.174. The van der Waals surface area contributed by atoms with Crippen LogP contribution in [0.3, 0.4) is 0 Å². The Hall–Kier alpha value is -1.79. The average Bonchev–Trinajstić information content (AvgIpc) is 2.52. The van der Waals surface area contributed by atoms with Crippen molar-refractivity contribution in [3.05, 3.63) is 35.4 Å². The van der Waals surface area contributed by atoms with Crippen LogP contribution >= 0.6 is 0 Å². The van der Waals surface area contributed by atoms with E-state index in [9.17, 15) is 0 Å². The second-order valence-electron chi connectivity index (χ2n) is 4.90. The van der Waals surface area contributed by atoms with Gasteiger partial charge in [0.25, 0.3) is 0 Å². The van der Waals surface area contributed by atoms with Gasteiger partial charge in [0.1, 0.15) is 5.75 Å². The van der Waals surface area contributed by atoms with E-state index >= 15 is 0 Å². The lowest BCUT2D eigenvalue weighted by Gasteiger charge is -2.06. The van der Waals surface area contributed by atoms with Gasteiger partial charge >= 0.3 is 0 Å². The lowest BCUT2D eigenvalue weighted by Crippen LogP contribution is -1.97. The molecule has 0 bridgehead atoms. The van der Waals surface area contributed by atoms with E-state index in [-0.39, 0.29) is 0 Å².